The Hall–Kier alpha value is -2.05. The number of hydrogen-bond donors (Lipinski definition) is 9. The minimum Gasteiger partial charge on any atom is -0.394 e. The first-order valence-electron chi connectivity index (χ1n) is 33.9. The Morgan fingerprint density at radius 2 is 0.805 bits per heavy atom. The molecule has 1 amide bonds. The van der Waals surface area contributed by atoms with Crippen LogP contribution in [0.3, 0.4) is 0 Å². The van der Waals surface area contributed by atoms with Gasteiger partial charge in [-0.15, -0.1) is 0 Å². The molecule has 12 unspecified atom stereocenters. The molecule has 480 valence electrons. The van der Waals surface area contributed by atoms with Crippen LogP contribution in [0.2, 0.25) is 0 Å². The number of carbonyl (C=O) groups excluding carboxylic acids is 1. The number of carbonyl (C=O) groups is 1. The van der Waals surface area contributed by atoms with E-state index in [-0.39, 0.29) is 18.9 Å². The zero-order valence-electron chi connectivity index (χ0n) is 52.0. The van der Waals surface area contributed by atoms with Crippen LogP contribution in [0.5, 0.6) is 0 Å². The second kappa shape index (κ2) is 53.2. The first kappa shape index (κ1) is 76.0. The summed E-state index contributed by atoms with van der Waals surface area (Å²) in [5, 5.41) is 87.4. The van der Waals surface area contributed by atoms with Crippen molar-refractivity contribution in [2.24, 2.45) is 0 Å². The lowest BCUT2D eigenvalue weighted by Crippen LogP contribution is -2.65. The standard InChI is InChI=1S/C68H125NO13/c1-3-5-7-9-11-13-15-17-19-21-23-25-26-27-28-29-30-32-34-36-38-40-42-44-46-48-50-52-60(73)69-56(57(72)51-49-47-45-43-41-39-37-35-33-31-24-22-20-18-16-14-12-10-8-6-4-2)55-79-67-65(78)63(76)66(59(54-71)81-67)82-68-64(77)62(75)61(74)58(53-70)80-68/h15,17,21,23,26-27,49,51,56-59,61-68,70-72,74-78H,3-14,16,18-20,22,24-25,28-48,50,52-55H2,1-2H3,(H,69,73)/b17-15-,23-21-,27-26-,51-49+. The normalized spacial score (nSPS) is 24.2. The average Bonchev–Trinajstić information content (AvgIpc) is 3.67. The highest BCUT2D eigenvalue weighted by Gasteiger charge is 2.51. The van der Waals surface area contributed by atoms with Crippen LogP contribution in [0.4, 0.5) is 0 Å². The van der Waals surface area contributed by atoms with Crippen LogP contribution in [0.25, 0.3) is 0 Å². The zero-order valence-corrected chi connectivity index (χ0v) is 52.0. The van der Waals surface area contributed by atoms with Crippen LogP contribution in [0.15, 0.2) is 48.6 Å². The lowest BCUT2D eigenvalue weighted by atomic mass is 9.97. The Bertz CT molecular complexity index is 1560. The van der Waals surface area contributed by atoms with E-state index in [1.165, 1.54) is 205 Å². The Labute approximate surface area is 499 Å². The maximum absolute atomic E-state index is 13.3. The predicted molar refractivity (Wildman–Crippen MR) is 332 cm³/mol. The number of aliphatic hydroxyl groups is 8. The third kappa shape index (κ3) is 37.5. The summed E-state index contributed by atoms with van der Waals surface area (Å²) in [7, 11) is 0. The van der Waals surface area contributed by atoms with Crippen molar-refractivity contribution in [2.45, 2.75) is 357 Å². The molecule has 2 rings (SSSR count). The molecule has 0 aromatic rings. The van der Waals surface area contributed by atoms with Crippen LogP contribution in [0, 0.1) is 0 Å². The summed E-state index contributed by atoms with van der Waals surface area (Å²) in [6, 6.07) is -0.918. The van der Waals surface area contributed by atoms with Gasteiger partial charge < -0.3 is 65.1 Å². The van der Waals surface area contributed by atoms with E-state index < -0.39 is 86.8 Å². The van der Waals surface area contributed by atoms with Gasteiger partial charge in [-0.2, -0.15) is 0 Å². The second-order valence-electron chi connectivity index (χ2n) is 24.0. The van der Waals surface area contributed by atoms with E-state index in [9.17, 15) is 45.6 Å². The quantitative estimate of drug-likeness (QED) is 0.0204. The molecule has 2 aliphatic rings. The van der Waals surface area contributed by atoms with Crippen molar-refractivity contribution in [1.82, 2.24) is 5.32 Å². The first-order chi connectivity index (χ1) is 40.1. The van der Waals surface area contributed by atoms with Gasteiger partial charge in [0.1, 0.15) is 48.8 Å². The molecule has 0 bridgehead atoms. The van der Waals surface area contributed by atoms with Gasteiger partial charge in [0, 0.05) is 6.42 Å². The maximum Gasteiger partial charge on any atom is 0.220 e. The van der Waals surface area contributed by atoms with E-state index in [0.717, 1.165) is 51.4 Å². The van der Waals surface area contributed by atoms with Crippen LogP contribution >= 0.6 is 0 Å². The number of unbranched alkanes of at least 4 members (excludes halogenated alkanes) is 36. The van der Waals surface area contributed by atoms with E-state index in [2.05, 4.69) is 55.6 Å². The number of hydrogen-bond acceptors (Lipinski definition) is 13. The fraction of sp³-hybridized carbons (Fsp3) is 0.868. The highest BCUT2D eigenvalue weighted by molar-refractivity contribution is 5.76. The number of nitrogens with one attached hydrogen (secondary N) is 1. The number of allylic oxidation sites excluding steroid dienone is 7. The Balaban J connectivity index is 1.70. The highest BCUT2D eigenvalue weighted by atomic mass is 16.7. The van der Waals surface area contributed by atoms with Crippen molar-refractivity contribution in [1.29, 1.82) is 0 Å². The third-order valence-electron chi connectivity index (χ3n) is 16.5. The monoisotopic (exact) mass is 1160 g/mol. The average molecular weight is 1160 g/mol. The molecule has 0 spiro atoms. The molecule has 2 heterocycles. The molecule has 2 fully saturated rings. The smallest absolute Gasteiger partial charge is 0.220 e. The van der Waals surface area contributed by atoms with Crippen molar-refractivity contribution in [3.05, 3.63) is 48.6 Å². The maximum atomic E-state index is 13.3. The predicted octanol–water partition coefficient (Wildman–Crippen LogP) is 13.1. The molecule has 0 saturated carbocycles. The molecule has 82 heavy (non-hydrogen) atoms. The van der Waals surface area contributed by atoms with Gasteiger partial charge in [-0.1, -0.05) is 268 Å². The fourth-order valence-electron chi connectivity index (χ4n) is 11.1. The van der Waals surface area contributed by atoms with Gasteiger partial charge in [0.25, 0.3) is 0 Å². The van der Waals surface area contributed by atoms with Crippen molar-refractivity contribution in [3.8, 4) is 0 Å². The topological polar surface area (TPSA) is 228 Å². The van der Waals surface area contributed by atoms with Gasteiger partial charge in [-0.3, -0.25) is 4.79 Å². The van der Waals surface area contributed by atoms with E-state index in [0.29, 0.717) is 6.42 Å². The highest BCUT2D eigenvalue weighted by Crippen LogP contribution is 2.30. The Morgan fingerprint density at radius 1 is 0.439 bits per heavy atom. The molecule has 14 nitrogen and oxygen atoms in total. The minimum absolute atomic E-state index is 0.239. The van der Waals surface area contributed by atoms with E-state index in [1.54, 1.807) is 6.08 Å². The number of amides is 1. The molecule has 0 aromatic heterocycles. The number of ether oxygens (including phenoxy) is 4. The van der Waals surface area contributed by atoms with Crippen molar-refractivity contribution in [2.75, 3.05) is 19.8 Å². The fourth-order valence-corrected chi connectivity index (χ4v) is 11.1. The molecule has 2 aliphatic heterocycles. The molecule has 14 heteroatoms. The van der Waals surface area contributed by atoms with Gasteiger partial charge in [0.15, 0.2) is 12.6 Å². The van der Waals surface area contributed by atoms with Gasteiger partial charge in [-0.25, -0.2) is 0 Å². The third-order valence-corrected chi connectivity index (χ3v) is 16.5. The molecule has 0 aromatic carbocycles. The second-order valence-corrected chi connectivity index (χ2v) is 24.0. The van der Waals surface area contributed by atoms with Gasteiger partial charge in [0.2, 0.25) is 5.91 Å². The van der Waals surface area contributed by atoms with Crippen LogP contribution < -0.4 is 5.32 Å². The summed E-state index contributed by atoms with van der Waals surface area (Å²) in [4.78, 5) is 13.3. The molecular formula is C68H125NO13. The summed E-state index contributed by atoms with van der Waals surface area (Å²) in [5.41, 5.74) is 0. The van der Waals surface area contributed by atoms with Crippen molar-refractivity contribution < 1.29 is 64.6 Å². The Morgan fingerprint density at radius 3 is 1.23 bits per heavy atom. The van der Waals surface area contributed by atoms with E-state index in [4.69, 9.17) is 18.9 Å². The molecule has 2 saturated heterocycles. The molecule has 0 aliphatic carbocycles. The van der Waals surface area contributed by atoms with Crippen molar-refractivity contribution >= 4 is 5.91 Å². The van der Waals surface area contributed by atoms with E-state index >= 15 is 0 Å². The molecule has 0 radical (unpaired) electrons. The first-order valence-corrected chi connectivity index (χ1v) is 33.9. The summed E-state index contributed by atoms with van der Waals surface area (Å²) < 4.78 is 22.8. The zero-order chi connectivity index (χ0) is 59.5. The summed E-state index contributed by atoms with van der Waals surface area (Å²) in [6.07, 6.45) is 51.5. The van der Waals surface area contributed by atoms with Crippen LogP contribution in [0.1, 0.15) is 284 Å². The number of aliphatic hydroxyl groups excluding tert-OH is 8. The van der Waals surface area contributed by atoms with Crippen LogP contribution in [-0.2, 0) is 23.7 Å². The lowest BCUT2D eigenvalue weighted by molar-refractivity contribution is -0.359. The lowest BCUT2D eigenvalue weighted by Gasteiger charge is -2.46. The van der Waals surface area contributed by atoms with Gasteiger partial charge >= 0.3 is 0 Å². The summed E-state index contributed by atoms with van der Waals surface area (Å²) >= 11 is 0. The molecule has 9 N–H and O–H groups in total. The molecule has 12 atom stereocenters. The Kier molecular flexibility index (Phi) is 49.3. The van der Waals surface area contributed by atoms with Crippen molar-refractivity contribution in [3.63, 3.8) is 0 Å². The summed E-state index contributed by atoms with van der Waals surface area (Å²) in [5.74, 6) is -0.239. The van der Waals surface area contributed by atoms with Gasteiger partial charge in [0.05, 0.1) is 32.0 Å². The van der Waals surface area contributed by atoms with Gasteiger partial charge in [-0.05, 0) is 57.8 Å². The number of rotatable bonds is 55. The van der Waals surface area contributed by atoms with Crippen LogP contribution in [-0.4, -0.2) is 140 Å². The summed E-state index contributed by atoms with van der Waals surface area (Å²) in [6.45, 7) is 2.82. The largest absolute Gasteiger partial charge is 0.394 e. The van der Waals surface area contributed by atoms with E-state index in [1.807, 2.05) is 6.08 Å². The minimum atomic E-state index is -1.79. The SMILES string of the molecule is CCCCCCC/C=C\C/C=C\C/C=C\CCCCCCCCCCCCCCC(=O)NC(COC1OC(CO)C(OC2OC(CO)C(O)C(O)C2O)C(O)C1O)C(O)/C=C/CCCCCCCCCCCCCCCCCCCCC. The molecular weight excluding hydrogens is 1040 g/mol.